The van der Waals surface area contributed by atoms with Crippen LogP contribution in [-0.2, 0) is 0 Å². The largest absolute Gasteiger partial charge is 0.0991 e. The van der Waals surface area contributed by atoms with E-state index < -0.39 is 0 Å². The number of benzene rings is 1. The summed E-state index contributed by atoms with van der Waals surface area (Å²) in [5, 5.41) is 0. The Hall–Kier alpha value is -1.30. The lowest BCUT2D eigenvalue weighted by Crippen LogP contribution is -1.84. The van der Waals surface area contributed by atoms with Gasteiger partial charge >= 0.3 is 0 Å². The molecule has 90 valence electrons. The van der Waals surface area contributed by atoms with Gasteiger partial charge in [0.15, 0.2) is 0 Å². The van der Waals surface area contributed by atoms with E-state index in [9.17, 15) is 0 Å². The van der Waals surface area contributed by atoms with Gasteiger partial charge in [0.2, 0.25) is 0 Å². The molecule has 0 atom stereocenters. The third-order valence-corrected chi connectivity index (χ3v) is 1.94. The number of hydrogen-bond donors (Lipinski definition) is 0. The molecule has 0 fully saturated rings. The maximum absolute atomic E-state index is 3.65. The molecule has 0 saturated heterocycles. The molecule has 0 radical (unpaired) electrons. The molecule has 0 unspecified atom stereocenters. The van der Waals surface area contributed by atoms with Gasteiger partial charge in [-0.15, -0.1) is 0 Å². The van der Waals surface area contributed by atoms with Crippen LogP contribution in [0.25, 0.3) is 6.08 Å². The Morgan fingerprint density at radius 3 is 1.75 bits per heavy atom. The van der Waals surface area contributed by atoms with E-state index in [0.717, 1.165) is 0 Å². The van der Waals surface area contributed by atoms with Crippen LogP contribution in [0.5, 0.6) is 0 Å². The summed E-state index contributed by atoms with van der Waals surface area (Å²) in [4.78, 5) is 0. The summed E-state index contributed by atoms with van der Waals surface area (Å²) in [6.07, 6.45) is 5.86. The van der Waals surface area contributed by atoms with Crippen molar-refractivity contribution in [1.29, 1.82) is 0 Å². The van der Waals surface area contributed by atoms with Crippen molar-refractivity contribution < 1.29 is 0 Å². The molecule has 0 bridgehead atoms. The van der Waals surface area contributed by atoms with Crippen LogP contribution < -0.4 is 0 Å². The Morgan fingerprint density at radius 1 is 0.938 bits per heavy atom. The number of aryl methyl sites for hydroxylation is 2. The van der Waals surface area contributed by atoms with Crippen molar-refractivity contribution >= 4 is 6.08 Å². The Kier molecular flexibility index (Phi) is 12.6. The van der Waals surface area contributed by atoms with Gasteiger partial charge < -0.3 is 0 Å². The molecule has 0 aliphatic rings. The second-order valence-electron chi connectivity index (χ2n) is 2.90. The van der Waals surface area contributed by atoms with Gasteiger partial charge in [-0.25, -0.2) is 0 Å². The minimum Gasteiger partial charge on any atom is -0.0991 e. The van der Waals surface area contributed by atoms with Gasteiger partial charge in [-0.3, -0.25) is 0 Å². The standard InChI is InChI=1S/C12H14.2C2H6/c1-4-5-9-12-10(2)7-6-8-11(12)3;2*1-2/h4-9H,1H2,2-3H3;2*1-2H3/b9-5-;;. The molecule has 1 aromatic carbocycles. The number of hydrogen-bond acceptors (Lipinski definition) is 0. The molecule has 1 rings (SSSR count). The van der Waals surface area contributed by atoms with Gasteiger partial charge in [0.05, 0.1) is 0 Å². The highest BCUT2D eigenvalue weighted by Crippen LogP contribution is 2.14. The molecule has 1 aromatic rings. The van der Waals surface area contributed by atoms with Crippen molar-refractivity contribution in [2.75, 3.05) is 0 Å². The lowest BCUT2D eigenvalue weighted by Gasteiger charge is -2.03. The van der Waals surface area contributed by atoms with Crippen LogP contribution in [0.15, 0.2) is 36.9 Å². The zero-order valence-corrected chi connectivity index (χ0v) is 11.7. The third kappa shape index (κ3) is 6.23. The zero-order valence-electron chi connectivity index (χ0n) is 11.7. The quantitative estimate of drug-likeness (QED) is 0.570. The molecule has 0 heterocycles. The Balaban J connectivity index is 0. The highest BCUT2D eigenvalue weighted by Gasteiger charge is 1.95. The first-order valence-corrected chi connectivity index (χ1v) is 6.11. The molecule has 0 N–H and O–H groups in total. The van der Waals surface area contributed by atoms with Crippen molar-refractivity contribution in [2.24, 2.45) is 0 Å². The summed E-state index contributed by atoms with van der Waals surface area (Å²) in [6.45, 7) is 15.9. The molecule has 0 aliphatic carbocycles. The predicted molar refractivity (Wildman–Crippen MR) is 77.8 cm³/mol. The van der Waals surface area contributed by atoms with Crippen LogP contribution in [0.3, 0.4) is 0 Å². The molecule has 0 aliphatic heterocycles. The fraction of sp³-hybridized carbons (Fsp3) is 0.375. The Labute approximate surface area is 102 Å². The summed E-state index contributed by atoms with van der Waals surface area (Å²) in [6, 6.07) is 6.32. The summed E-state index contributed by atoms with van der Waals surface area (Å²) < 4.78 is 0. The maximum Gasteiger partial charge on any atom is -0.0198 e. The molecule has 0 nitrogen and oxygen atoms in total. The van der Waals surface area contributed by atoms with E-state index in [1.165, 1.54) is 16.7 Å². The minimum absolute atomic E-state index is 1.30. The highest BCUT2D eigenvalue weighted by molar-refractivity contribution is 5.58. The van der Waals surface area contributed by atoms with Crippen LogP contribution >= 0.6 is 0 Å². The fourth-order valence-corrected chi connectivity index (χ4v) is 1.25. The Morgan fingerprint density at radius 2 is 1.38 bits per heavy atom. The van der Waals surface area contributed by atoms with Crippen molar-refractivity contribution in [2.45, 2.75) is 41.5 Å². The summed E-state index contributed by atoms with van der Waals surface area (Å²) in [5.41, 5.74) is 3.93. The average Bonchev–Trinajstić information content (AvgIpc) is 2.34. The highest BCUT2D eigenvalue weighted by atomic mass is 14.0. The van der Waals surface area contributed by atoms with Crippen LogP contribution in [-0.4, -0.2) is 0 Å². The van der Waals surface area contributed by atoms with Crippen LogP contribution in [0, 0.1) is 13.8 Å². The molecule has 16 heavy (non-hydrogen) atoms. The summed E-state index contributed by atoms with van der Waals surface area (Å²) in [7, 11) is 0. The topological polar surface area (TPSA) is 0 Å². The predicted octanol–water partition coefficient (Wildman–Crippen LogP) is 5.56. The van der Waals surface area contributed by atoms with E-state index in [-0.39, 0.29) is 0 Å². The summed E-state index contributed by atoms with van der Waals surface area (Å²) >= 11 is 0. The minimum atomic E-state index is 1.30. The monoisotopic (exact) mass is 218 g/mol. The fourth-order valence-electron chi connectivity index (χ4n) is 1.25. The lowest BCUT2D eigenvalue weighted by atomic mass is 10.0. The Bertz CT molecular complexity index is 286. The molecule has 0 aromatic heterocycles. The van der Waals surface area contributed by atoms with Gasteiger partial charge in [0, 0.05) is 0 Å². The normalized spacial score (nSPS) is 8.62. The summed E-state index contributed by atoms with van der Waals surface area (Å²) in [5.74, 6) is 0. The lowest BCUT2D eigenvalue weighted by molar-refractivity contribution is 1.36. The van der Waals surface area contributed by atoms with Crippen molar-refractivity contribution in [1.82, 2.24) is 0 Å². The van der Waals surface area contributed by atoms with Gasteiger partial charge in [0.1, 0.15) is 0 Å². The van der Waals surface area contributed by atoms with Crippen molar-refractivity contribution in [3.8, 4) is 0 Å². The van der Waals surface area contributed by atoms with Crippen LogP contribution in [0.4, 0.5) is 0 Å². The SMILES string of the molecule is C=C/C=C\c1c(C)cccc1C.CC.CC. The molecular weight excluding hydrogens is 192 g/mol. The average molecular weight is 218 g/mol. The van der Waals surface area contributed by atoms with Gasteiger partial charge in [-0.1, -0.05) is 70.7 Å². The van der Waals surface area contributed by atoms with Crippen LogP contribution in [0.2, 0.25) is 0 Å². The zero-order chi connectivity index (χ0) is 13.0. The van der Waals surface area contributed by atoms with Gasteiger partial charge in [-0.2, -0.15) is 0 Å². The molecule has 0 amide bonds. The molecule has 0 heteroatoms. The van der Waals surface area contributed by atoms with E-state index in [1.807, 2.05) is 33.8 Å². The molecule has 0 spiro atoms. The van der Waals surface area contributed by atoms with E-state index in [1.54, 1.807) is 6.08 Å². The van der Waals surface area contributed by atoms with Crippen molar-refractivity contribution in [3.05, 3.63) is 53.6 Å². The van der Waals surface area contributed by atoms with E-state index in [0.29, 0.717) is 0 Å². The van der Waals surface area contributed by atoms with Crippen molar-refractivity contribution in [3.63, 3.8) is 0 Å². The first-order valence-electron chi connectivity index (χ1n) is 6.11. The van der Waals surface area contributed by atoms with E-state index in [2.05, 4.69) is 44.7 Å². The second kappa shape index (κ2) is 11.8. The van der Waals surface area contributed by atoms with Crippen LogP contribution in [0.1, 0.15) is 44.4 Å². The molecule has 0 saturated carbocycles. The number of rotatable bonds is 2. The smallest absolute Gasteiger partial charge is 0.0198 e. The third-order valence-electron chi connectivity index (χ3n) is 1.94. The first-order chi connectivity index (χ1) is 7.75. The molecular formula is C16H26. The maximum atomic E-state index is 3.65. The first kappa shape index (κ1) is 17.1. The van der Waals surface area contributed by atoms with E-state index >= 15 is 0 Å². The van der Waals surface area contributed by atoms with Gasteiger partial charge in [0.25, 0.3) is 0 Å². The van der Waals surface area contributed by atoms with E-state index in [4.69, 9.17) is 0 Å². The van der Waals surface area contributed by atoms with Gasteiger partial charge in [-0.05, 0) is 30.5 Å². The number of allylic oxidation sites excluding steroid dienone is 2. The second-order valence-corrected chi connectivity index (χ2v) is 2.90.